The first kappa shape index (κ1) is 34.6. The van der Waals surface area contributed by atoms with Gasteiger partial charge in [0.05, 0.1) is 18.7 Å². The van der Waals surface area contributed by atoms with Gasteiger partial charge in [0.1, 0.15) is 24.2 Å². The molecule has 13 nitrogen and oxygen atoms in total. The summed E-state index contributed by atoms with van der Waals surface area (Å²) in [6, 6.07) is 1.02. The first-order valence-corrected chi connectivity index (χ1v) is 13.1. The normalized spacial score (nSPS) is 15.9. The Morgan fingerprint density at radius 3 is 2.17 bits per heavy atom. The molecule has 0 aliphatic carbocycles. The number of aliphatic hydroxyl groups is 1. The molecule has 0 aliphatic heterocycles. The molecule has 223 valence electrons. The monoisotopic (exact) mass is 563 g/mol. The number of esters is 1. The second-order valence-corrected chi connectivity index (χ2v) is 10.5. The Hall–Kier alpha value is -3.39. The van der Waals surface area contributed by atoms with E-state index in [1.165, 1.54) is 13.2 Å². The zero-order valence-electron chi connectivity index (χ0n) is 23.7. The highest BCUT2D eigenvalue weighted by Crippen LogP contribution is 2.20. The average Bonchev–Trinajstić information content (AvgIpc) is 2.89. The summed E-state index contributed by atoms with van der Waals surface area (Å²) >= 11 is 0. The second kappa shape index (κ2) is 16.0. The van der Waals surface area contributed by atoms with Gasteiger partial charge in [0.25, 0.3) is 0 Å². The van der Waals surface area contributed by atoms with Crippen molar-refractivity contribution in [1.29, 1.82) is 0 Å². The zero-order chi connectivity index (χ0) is 30.7. The summed E-state index contributed by atoms with van der Waals surface area (Å²) in [5.41, 5.74) is 25.1. The number of carbonyl (C=O) groups excluding carboxylic acids is 5. The van der Waals surface area contributed by atoms with E-state index in [1.807, 2.05) is 0 Å². The van der Waals surface area contributed by atoms with Crippen LogP contribution < -0.4 is 28.3 Å². The molecule has 0 bridgehead atoms. The van der Waals surface area contributed by atoms with E-state index in [2.05, 4.69) is 5.32 Å². The molecule has 0 spiro atoms. The lowest BCUT2D eigenvalue weighted by atomic mass is 9.95. The summed E-state index contributed by atoms with van der Waals surface area (Å²) < 4.78 is 5.43. The van der Waals surface area contributed by atoms with Crippen molar-refractivity contribution >= 4 is 35.7 Å². The van der Waals surface area contributed by atoms with Crippen molar-refractivity contribution in [2.75, 3.05) is 12.3 Å². The van der Waals surface area contributed by atoms with Gasteiger partial charge >= 0.3 is 5.97 Å². The predicted octanol–water partition coefficient (Wildman–Crippen LogP) is -1.26. The number of nitrogens with one attached hydrogen (secondary N) is 1. The van der Waals surface area contributed by atoms with E-state index in [0.29, 0.717) is 16.2 Å². The van der Waals surface area contributed by atoms with Crippen LogP contribution in [-0.4, -0.2) is 82.9 Å². The number of hydrogen-bond acceptors (Lipinski definition) is 11. The van der Waals surface area contributed by atoms with Crippen molar-refractivity contribution in [3.8, 4) is 0 Å². The van der Waals surface area contributed by atoms with Gasteiger partial charge in [-0.1, -0.05) is 39.8 Å². The van der Waals surface area contributed by atoms with E-state index in [1.54, 1.807) is 52.0 Å². The molecule has 13 heteroatoms. The maximum Gasteiger partial charge on any atom is 0.329 e. The van der Waals surface area contributed by atoms with Gasteiger partial charge in [0.15, 0.2) is 0 Å². The minimum Gasteiger partial charge on any atom is -0.459 e. The van der Waals surface area contributed by atoms with Gasteiger partial charge in [0, 0.05) is 5.69 Å². The Bertz CT molecular complexity index is 1030. The SMILES string of the molecule is CC(C)C[C@@H](C(=O)O[C@H](C)[C@H](N)C(=O)NC[C]=O)N(C(=O)[C@@H](N)[C@H](O)C(C)C)C(=O)[C@@H](N)Cc1cccc(N)c1. The quantitative estimate of drug-likeness (QED) is 0.109. The lowest BCUT2D eigenvalue weighted by Crippen LogP contribution is -2.62. The standard InChI is InChI=1S/C27H43N6O7/c1-14(2)11-20(27(39)40-16(5)21(30)24(36)32-9-10-34)33(26(38)22(31)23(35)15(3)4)25(37)19(29)13-17-7-6-8-18(28)12-17/h6-8,12,14-16,19-23,35H,9,11,13,28-31H2,1-5H3,(H,32,36)/t16-,19+,20+,21+,22+,23-/m1/s1. The minimum atomic E-state index is -1.55. The number of nitrogens with two attached hydrogens (primary N) is 4. The van der Waals surface area contributed by atoms with Crippen molar-refractivity contribution in [3.05, 3.63) is 29.8 Å². The molecule has 3 amide bonds. The van der Waals surface area contributed by atoms with Gasteiger partial charge in [-0.3, -0.25) is 24.1 Å². The highest BCUT2D eigenvalue weighted by molar-refractivity contribution is 6.03. The van der Waals surface area contributed by atoms with Crippen molar-refractivity contribution in [2.24, 2.45) is 29.0 Å². The van der Waals surface area contributed by atoms with E-state index in [4.69, 9.17) is 27.7 Å². The molecule has 6 atom stereocenters. The summed E-state index contributed by atoms with van der Waals surface area (Å²) in [5, 5.41) is 12.7. The number of aliphatic hydroxyl groups excluding tert-OH is 1. The van der Waals surface area contributed by atoms with Crippen LogP contribution >= 0.6 is 0 Å². The lowest BCUT2D eigenvalue weighted by Gasteiger charge is -2.35. The first-order valence-electron chi connectivity index (χ1n) is 13.1. The Kier molecular flexibility index (Phi) is 13.9. The Balaban J connectivity index is 3.43. The number of carbonyl (C=O) groups is 4. The van der Waals surface area contributed by atoms with E-state index >= 15 is 0 Å². The molecule has 40 heavy (non-hydrogen) atoms. The number of benzene rings is 1. The molecule has 10 N–H and O–H groups in total. The Morgan fingerprint density at radius 1 is 1.02 bits per heavy atom. The fourth-order valence-corrected chi connectivity index (χ4v) is 3.92. The molecule has 0 saturated carbocycles. The fourth-order valence-electron chi connectivity index (χ4n) is 3.92. The Morgan fingerprint density at radius 2 is 1.65 bits per heavy atom. The fraction of sp³-hybridized carbons (Fsp3) is 0.593. The van der Waals surface area contributed by atoms with Crippen LogP contribution in [0.1, 0.15) is 46.6 Å². The number of nitrogen functional groups attached to an aromatic ring is 1. The third kappa shape index (κ3) is 9.97. The third-order valence-electron chi connectivity index (χ3n) is 6.26. The van der Waals surface area contributed by atoms with Crippen LogP contribution in [0.2, 0.25) is 0 Å². The highest BCUT2D eigenvalue weighted by atomic mass is 16.5. The van der Waals surface area contributed by atoms with E-state index in [0.717, 1.165) is 0 Å². The average molecular weight is 564 g/mol. The molecule has 1 rings (SSSR count). The molecule has 1 aromatic carbocycles. The zero-order valence-corrected chi connectivity index (χ0v) is 23.7. The summed E-state index contributed by atoms with van der Waals surface area (Å²) in [7, 11) is 0. The molecule has 0 unspecified atom stereocenters. The van der Waals surface area contributed by atoms with Crippen LogP contribution in [-0.2, 0) is 35.1 Å². The van der Waals surface area contributed by atoms with Crippen LogP contribution in [0.3, 0.4) is 0 Å². The number of anilines is 1. The third-order valence-corrected chi connectivity index (χ3v) is 6.26. The first-order chi connectivity index (χ1) is 18.6. The van der Waals surface area contributed by atoms with E-state index < -0.39 is 72.5 Å². The molecule has 0 fully saturated rings. The molecule has 0 heterocycles. The van der Waals surface area contributed by atoms with Gasteiger partial charge in [-0.25, -0.2) is 4.79 Å². The second-order valence-electron chi connectivity index (χ2n) is 10.5. The molecular weight excluding hydrogens is 520 g/mol. The van der Waals surface area contributed by atoms with Gasteiger partial charge in [0.2, 0.25) is 24.0 Å². The lowest BCUT2D eigenvalue weighted by molar-refractivity contribution is -0.167. The van der Waals surface area contributed by atoms with Gasteiger partial charge in [-0.05, 0) is 49.3 Å². The minimum absolute atomic E-state index is 0.00568. The largest absolute Gasteiger partial charge is 0.459 e. The maximum atomic E-state index is 13.7. The van der Waals surface area contributed by atoms with E-state index in [-0.39, 0.29) is 18.8 Å². The summed E-state index contributed by atoms with van der Waals surface area (Å²) in [6.45, 7) is 7.77. The van der Waals surface area contributed by atoms with Crippen molar-refractivity contribution < 1.29 is 33.8 Å². The maximum absolute atomic E-state index is 13.7. The molecule has 1 radical (unpaired) electrons. The molecule has 1 aromatic rings. The van der Waals surface area contributed by atoms with E-state index in [9.17, 15) is 29.1 Å². The topological polar surface area (TPSA) is 234 Å². The highest BCUT2D eigenvalue weighted by Gasteiger charge is 2.43. The summed E-state index contributed by atoms with van der Waals surface area (Å²) in [5.74, 6) is -4.35. The number of ether oxygens (including phenoxy) is 1. The summed E-state index contributed by atoms with van der Waals surface area (Å²) in [6.07, 6.45) is -1.06. The van der Waals surface area contributed by atoms with Crippen molar-refractivity contribution in [2.45, 2.75) is 83.8 Å². The van der Waals surface area contributed by atoms with Crippen molar-refractivity contribution in [1.82, 2.24) is 10.2 Å². The number of nitrogens with zero attached hydrogens (tertiary/aromatic N) is 1. The van der Waals surface area contributed by atoms with Crippen LogP contribution in [0.4, 0.5) is 5.69 Å². The number of amides is 3. The van der Waals surface area contributed by atoms with Gasteiger partial charge in [-0.15, -0.1) is 0 Å². The van der Waals surface area contributed by atoms with Crippen LogP contribution in [0.5, 0.6) is 0 Å². The van der Waals surface area contributed by atoms with Crippen LogP contribution in [0, 0.1) is 11.8 Å². The molecular formula is C27H43N6O7. The number of rotatable bonds is 15. The number of hydrogen-bond donors (Lipinski definition) is 6. The van der Waals surface area contributed by atoms with Crippen molar-refractivity contribution in [3.63, 3.8) is 0 Å². The van der Waals surface area contributed by atoms with Crippen LogP contribution in [0.25, 0.3) is 0 Å². The molecule has 0 saturated heterocycles. The number of imide groups is 1. The van der Waals surface area contributed by atoms with Crippen LogP contribution in [0.15, 0.2) is 24.3 Å². The molecule has 0 aromatic heterocycles. The van der Waals surface area contributed by atoms with Gasteiger partial charge in [-0.2, -0.15) is 0 Å². The summed E-state index contributed by atoms with van der Waals surface area (Å²) in [4.78, 5) is 64.0. The smallest absolute Gasteiger partial charge is 0.329 e. The van der Waals surface area contributed by atoms with Gasteiger partial charge < -0.3 is 38.1 Å². The Labute approximate surface area is 234 Å². The predicted molar refractivity (Wildman–Crippen MR) is 149 cm³/mol. The molecule has 0 aliphatic rings.